The van der Waals surface area contributed by atoms with Crippen molar-refractivity contribution in [2.24, 2.45) is 0 Å². The Balaban J connectivity index is 1.29. The lowest BCUT2D eigenvalue weighted by molar-refractivity contribution is 0.988. The predicted molar refractivity (Wildman–Crippen MR) is 177 cm³/mol. The summed E-state index contributed by atoms with van der Waals surface area (Å²) >= 11 is 0. The minimum Gasteiger partial charge on any atom is -0.292 e. The molecular weight excluding hydrogens is 522 g/mol. The zero-order chi connectivity index (χ0) is 28.3. The number of benzene rings is 5. The van der Waals surface area contributed by atoms with Gasteiger partial charge in [0.25, 0.3) is 0 Å². The fourth-order valence-corrected chi connectivity index (χ4v) is 6.69. The third kappa shape index (κ3) is 3.70. The molecule has 0 atom stereocenters. The summed E-state index contributed by atoms with van der Waals surface area (Å²) in [5, 5.41) is 4.74. The van der Waals surface area contributed by atoms with Crippen LogP contribution in [0.2, 0.25) is 0 Å². The molecule has 2 aromatic heterocycles. The van der Waals surface area contributed by atoms with E-state index < -0.39 is 0 Å². The molecule has 0 bridgehead atoms. The Kier molecular flexibility index (Phi) is 5.24. The van der Waals surface area contributed by atoms with Crippen LogP contribution in [0.15, 0.2) is 121 Å². The molecule has 2 heterocycles. The van der Waals surface area contributed by atoms with Gasteiger partial charge in [-0.25, -0.2) is 9.97 Å². The second kappa shape index (κ2) is 9.41. The van der Waals surface area contributed by atoms with Crippen molar-refractivity contribution in [2.45, 2.75) is 12.8 Å². The SMILES string of the molecule is c1ccc2c(c#1)nc(-c1ccc(-c3c4ccc5c(c4nc4c3ccc3ccccc34)C=CCC5)cc1)n2-c1ccccc1. The quantitative estimate of drug-likeness (QED) is 0.163. The van der Waals surface area contributed by atoms with Crippen LogP contribution in [0.3, 0.4) is 0 Å². The Morgan fingerprint density at radius 1 is 0.651 bits per heavy atom. The van der Waals surface area contributed by atoms with Gasteiger partial charge in [0, 0.05) is 38.5 Å². The highest BCUT2D eigenvalue weighted by Crippen LogP contribution is 2.41. The van der Waals surface area contributed by atoms with Crippen LogP contribution >= 0.6 is 0 Å². The zero-order valence-corrected chi connectivity index (χ0v) is 23.4. The number of nitrogens with zero attached hydrogens (tertiary/aromatic N) is 3. The van der Waals surface area contributed by atoms with Crippen molar-refractivity contribution < 1.29 is 0 Å². The smallest absolute Gasteiger partial charge is 0.146 e. The average Bonchev–Trinajstić information content (AvgIpc) is 3.47. The molecule has 9 rings (SSSR count). The zero-order valence-electron chi connectivity index (χ0n) is 23.4. The molecule has 0 spiro atoms. The number of hydrogen-bond donors (Lipinski definition) is 0. The summed E-state index contributed by atoms with van der Waals surface area (Å²) in [7, 11) is 0. The topological polar surface area (TPSA) is 30.7 Å². The van der Waals surface area contributed by atoms with Gasteiger partial charge >= 0.3 is 0 Å². The first kappa shape index (κ1) is 23.9. The average molecular weight is 548 g/mol. The van der Waals surface area contributed by atoms with E-state index in [1.807, 2.05) is 12.1 Å². The second-order valence-electron chi connectivity index (χ2n) is 11.2. The van der Waals surface area contributed by atoms with Crippen LogP contribution in [0.1, 0.15) is 17.5 Å². The highest BCUT2D eigenvalue weighted by molar-refractivity contribution is 6.18. The number of rotatable bonds is 3. The van der Waals surface area contributed by atoms with Crippen LogP contribution < -0.4 is 0 Å². The molecule has 0 aliphatic heterocycles. The van der Waals surface area contributed by atoms with E-state index in [4.69, 9.17) is 9.97 Å². The summed E-state index contributed by atoms with van der Waals surface area (Å²) < 4.78 is 2.21. The van der Waals surface area contributed by atoms with E-state index in [1.54, 1.807) is 0 Å². The summed E-state index contributed by atoms with van der Waals surface area (Å²) in [6, 6.07) is 47.1. The minimum atomic E-state index is 0.807. The van der Waals surface area contributed by atoms with Gasteiger partial charge in [0.1, 0.15) is 11.3 Å². The minimum absolute atomic E-state index is 0.807. The number of fused-ring (bicyclic) bond motifs is 7. The lowest BCUT2D eigenvalue weighted by Crippen LogP contribution is -1.99. The van der Waals surface area contributed by atoms with Gasteiger partial charge in [-0.3, -0.25) is 4.57 Å². The fourth-order valence-electron chi connectivity index (χ4n) is 6.69. The summed E-state index contributed by atoms with van der Waals surface area (Å²) in [6.07, 6.45) is 6.67. The lowest BCUT2D eigenvalue weighted by atomic mass is 9.89. The molecule has 1 aliphatic rings. The predicted octanol–water partition coefficient (Wildman–Crippen LogP) is 9.77. The van der Waals surface area contributed by atoms with Crippen molar-refractivity contribution in [3.8, 4) is 28.2 Å². The highest BCUT2D eigenvalue weighted by atomic mass is 15.1. The Morgan fingerprint density at radius 2 is 1.44 bits per heavy atom. The molecule has 0 saturated heterocycles. The Hall–Kier alpha value is -5.72. The summed E-state index contributed by atoms with van der Waals surface area (Å²) in [4.78, 5) is 10.4. The fraction of sp³-hybridized carbons (Fsp3) is 0.0500. The molecule has 6 aromatic carbocycles. The Labute approximate surface area is 249 Å². The number of hydrogen-bond acceptors (Lipinski definition) is 2. The van der Waals surface area contributed by atoms with E-state index in [9.17, 15) is 0 Å². The van der Waals surface area contributed by atoms with Gasteiger partial charge in [0.15, 0.2) is 0 Å². The van der Waals surface area contributed by atoms with E-state index in [2.05, 4.69) is 132 Å². The molecule has 3 heteroatoms. The largest absolute Gasteiger partial charge is 0.292 e. The molecule has 0 N–H and O–H groups in total. The molecule has 43 heavy (non-hydrogen) atoms. The van der Waals surface area contributed by atoms with Crippen LogP contribution in [0, 0.1) is 12.1 Å². The Bertz CT molecular complexity index is 2380. The van der Waals surface area contributed by atoms with Crippen LogP contribution in [0.4, 0.5) is 0 Å². The third-order valence-corrected chi connectivity index (χ3v) is 8.71. The van der Waals surface area contributed by atoms with Gasteiger partial charge in [0.2, 0.25) is 0 Å². The molecule has 3 nitrogen and oxygen atoms in total. The number of pyridine rings is 1. The molecule has 200 valence electrons. The maximum Gasteiger partial charge on any atom is 0.146 e. The van der Waals surface area contributed by atoms with E-state index in [0.717, 1.165) is 52.0 Å². The summed E-state index contributed by atoms with van der Waals surface area (Å²) in [6.45, 7) is 0. The monoisotopic (exact) mass is 547 g/mol. The van der Waals surface area contributed by atoms with Gasteiger partial charge in [-0.1, -0.05) is 109 Å². The van der Waals surface area contributed by atoms with Gasteiger partial charge < -0.3 is 0 Å². The first-order chi connectivity index (χ1) is 21.3. The van der Waals surface area contributed by atoms with Crippen molar-refractivity contribution in [1.29, 1.82) is 0 Å². The van der Waals surface area contributed by atoms with Gasteiger partial charge in [-0.15, -0.1) is 0 Å². The van der Waals surface area contributed by atoms with E-state index in [1.165, 1.54) is 43.8 Å². The van der Waals surface area contributed by atoms with E-state index in [-0.39, 0.29) is 0 Å². The molecule has 0 radical (unpaired) electrons. The number of imidazole rings is 1. The first-order valence-electron chi connectivity index (χ1n) is 14.7. The van der Waals surface area contributed by atoms with Crippen LogP contribution in [-0.4, -0.2) is 14.5 Å². The van der Waals surface area contributed by atoms with Gasteiger partial charge in [-0.05, 0) is 59.7 Å². The van der Waals surface area contributed by atoms with Gasteiger partial charge in [-0.2, -0.15) is 0 Å². The highest BCUT2D eigenvalue weighted by Gasteiger charge is 2.19. The Morgan fingerprint density at radius 3 is 2.35 bits per heavy atom. The number of para-hydroxylation sites is 1. The molecule has 8 aromatic rings. The number of allylic oxidation sites excluding steroid dienone is 1. The van der Waals surface area contributed by atoms with Crippen molar-refractivity contribution in [3.05, 3.63) is 145 Å². The van der Waals surface area contributed by atoms with Crippen LogP contribution in [0.5, 0.6) is 0 Å². The third-order valence-electron chi connectivity index (χ3n) is 8.71. The van der Waals surface area contributed by atoms with Crippen molar-refractivity contribution in [1.82, 2.24) is 14.5 Å². The van der Waals surface area contributed by atoms with Crippen molar-refractivity contribution in [2.75, 3.05) is 0 Å². The summed E-state index contributed by atoms with van der Waals surface area (Å²) in [5.41, 5.74) is 11.1. The van der Waals surface area contributed by atoms with Crippen LogP contribution in [0.25, 0.3) is 77.9 Å². The van der Waals surface area contributed by atoms with E-state index in [0.29, 0.717) is 0 Å². The van der Waals surface area contributed by atoms with Gasteiger partial charge in [0.05, 0.1) is 16.6 Å². The molecular formula is C40H25N3. The normalized spacial score (nSPS) is 12.7. The van der Waals surface area contributed by atoms with Crippen molar-refractivity contribution in [3.63, 3.8) is 0 Å². The molecule has 0 saturated carbocycles. The maximum absolute atomic E-state index is 5.37. The summed E-state index contributed by atoms with van der Waals surface area (Å²) in [5.74, 6) is 0.887. The first-order valence-corrected chi connectivity index (χ1v) is 14.7. The van der Waals surface area contributed by atoms with Crippen molar-refractivity contribution >= 4 is 49.7 Å². The van der Waals surface area contributed by atoms with E-state index >= 15 is 0 Å². The second-order valence-corrected chi connectivity index (χ2v) is 11.2. The molecule has 1 aliphatic carbocycles. The maximum atomic E-state index is 5.37. The van der Waals surface area contributed by atoms with Crippen LogP contribution in [-0.2, 0) is 6.42 Å². The number of aryl methyl sites for hydroxylation is 1. The molecule has 0 fully saturated rings. The number of aromatic nitrogens is 3. The molecule has 0 amide bonds. The lowest BCUT2D eigenvalue weighted by Gasteiger charge is -2.18. The molecule has 0 unspecified atom stereocenters. The standard InChI is InChI=1S/C40H25N3/c1-2-12-30(13-3-1)43-36-17-9-8-16-35(36)41-40(43)29-20-18-28(19-21-29)37-33-24-22-26-10-4-6-14-31(26)38(33)42-39-32-15-7-5-11-27(32)23-25-34(37)39/h1-4,6-7,9-10,12-15,17-25H,5,11H2.